The van der Waals surface area contributed by atoms with Gasteiger partial charge in [-0.3, -0.25) is 4.79 Å². The summed E-state index contributed by atoms with van der Waals surface area (Å²) in [5.41, 5.74) is -0.107. The number of nitrogens with zero attached hydrogens (tertiary/aromatic N) is 2. The molecule has 1 aromatic rings. The molecule has 0 aromatic carbocycles. The Labute approximate surface area is 135 Å². The third-order valence-corrected chi connectivity index (χ3v) is 2.48. The summed E-state index contributed by atoms with van der Waals surface area (Å²) in [6.07, 6.45) is 0.613. The second-order valence-electron chi connectivity index (χ2n) is 5.64. The second kappa shape index (κ2) is 8.22. The molecule has 7 nitrogen and oxygen atoms in total. The first-order chi connectivity index (χ1) is 10.7. The van der Waals surface area contributed by atoms with Gasteiger partial charge in [0.15, 0.2) is 6.39 Å². The smallest absolute Gasteiger partial charge is 0.418 e. The van der Waals surface area contributed by atoms with Crippen LogP contribution in [-0.2, 0) is 14.3 Å². The lowest BCUT2D eigenvalue weighted by Gasteiger charge is -2.24. The maximum Gasteiger partial charge on any atom is 0.418 e. The van der Waals surface area contributed by atoms with E-state index in [9.17, 15) is 9.59 Å². The van der Waals surface area contributed by atoms with Crippen LogP contribution < -0.4 is 4.90 Å². The molecule has 7 heteroatoms. The molecule has 0 aliphatic rings. The molecule has 1 heterocycles. The van der Waals surface area contributed by atoms with Gasteiger partial charge >= 0.3 is 12.1 Å². The van der Waals surface area contributed by atoms with Crippen molar-refractivity contribution in [3.63, 3.8) is 0 Å². The molecule has 1 aromatic heterocycles. The Morgan fingerprint density at radius 2 is 2.04 bits per heavy atom. The fraction of sp³-hybridized carbons (Fsp3) is 0.562. The Morgan fingerprint density at radius 3 is 2.57 bits per heavy atom. The van der Waals surface area contributed by atoms with E-state index in [1.165, 1.54) is 11.3 Å². The van der Waals surface area contributed by atoms with Crippen molar-refractivity contribution in [1.29, 1.82) is 0 Å². The molecule has 0 saturated heterocycles. The lowest BCUT2D eigenvalue weighted by atomic mass is 10.2. The van der Waals surface area contributed by atoms with Crippen molar-refractivity contribution in [2.24, 2.45) is 0 Å². The number of aromatic nitrogens is 1. The van der Waals surface area contributed by atoms with Gasteiger partial charge in [0, 0.05) is 0 Å². The van der Waals surface area contributed by atoms with E-state index < -0.39 is 17.7 Å². The highest BCUT2D eigenvalue weighted by Crippen LogP contribution is 2.21. The quantitative estimate of drug-likeness (QED) is 0.626. The summed E-state index contributed by atoms with van der Waals surface area (Å²) < 4.78 is 15.3. The van der Waals surface area contributed by atoms with Crippen LogP contribution in [0.15, 0.2) is 10.8 Å². The minimum absolute atomic E-state index is 0.0182. The van der Waals surface area contributed by atoms with E-state index >= 15 is 0 Å². The number of ether oxygens (including phenoxy) is 2. The van der Waals surface area contributed by atoms with Crippen molar-refractivity contribution in [3.8, 4) is 11.8 Å². The van der Waals surface area contributed by atoms with Crippen LogP contribution in [0.25, 0.3) is 0 Å². The van der Waals surface area contributed by atoms with Crippen molar-refractivity contribution in [2.45, 2.75) is 46.6 Å². The minimum atomic E-state index is -0.651. The van der Waals surface area contributed by atoms with Crippen molar-refractivity contribution in [3.05, 3.63) is 12.1 Å². The minimum Gasteiger partial charge on any atom is -0.465 e. The summed E-state index contributed by atoms with van der Waals surface area (Å²) in [5, 5.41) is 0. The van der Waals surface area contributed by atoms with Gasteiger partial charge in [-0.25, -0.2) is 14.7 Å². The van der Waals surface area contributed by atoms with Crippen LogP contribution in [0.2, 0.25) is 0 Å². The Morgan fingerprint density at radius 1 is 1.35 bits per heavy atom. The number of esters is 1. The van der Waals surface area contributed by atoms with E-state index in [2.05, 4.69) is 16.8 Å². The topological polar surface area (TPSA) is 81.9 Å². The summed E-state index contributed by atoms with van der Waals surface area (Å²) in [7, 11) is 0. The maximum atomic E-state index is 12.3. The first kappa shape index (κ1) is 18.6. The molecule has 1 amide bonds. The van der Waals surface area contributed by atoms with Crippen molar-refractivity contribution in [1.82, 2.24) is 4.98 Å². The van der Waals surface area contributed by atoms with E-state index in [0.717, 1.165) is 0 Å². The van der Waals surface area contributed by atoms with Gasteiger partial charge in [0.2, 0.25) is 5.88 Å². The molecule has 0 fully saturated rings. The van der Waals surface area contributed by atoms with Gasteiger partial charge in [-0.05, 0) is 34.6 Å². The standard InChI is InChI=1S/C16H22N2O5/c1-6-21-13(19)9-7-8-10-18(14-12(2)17-11-22-14)15(20)23-16(3,4)5/h11H,6,9-10H2,1-5H3. The predicted octanol–water partition coefficient (Wildman–Crippen LogP) is 2.68. The molecule has 0 atom stereocenters. The number of aryl methyl sites for hydroxylation is 1. The van der Waals surface area contributed by atoms with Crippen LogP contribution in [0.4, 0.5) is 10.7 Å². The highest BCUT2D eigenvalue weighted by Gasteiger charge is 2.26. The molecule has 1 rings (SSSR count). The number of hydrogen-bond donors (Lipinski definition) is 0. The van der Waals surface area contributed by atoms with Crippen LogP contribution >= 0.6 is 0 Å². The molecule has 0 bridgehead atoms. The number of rotatable bonds is 4. The van der Waals surface area contributed by atoms with Crippen LogP contribution in [0.5, 0.6) is 0 Å². The van der Waals surface area contributed by atoms with Crippen molar-refractivity contribution >= 4 is 17.9 Å². The summed E-state index contributed by atoms with van der Waals surface area (Å²) in [5.74, 6) is 5.27. The number of carbonyl (C=O) groups excluding carboxylic acids is 2. The maximum absolute atomic E-state index is 12.3. The first-order valence-corrected chi connectivity index (χ1v) is 7.26. The van der Waals surface area contributed by atoms with E-state index in [-0.39, 0.29) is 18.8 Å². The third kappa shape index (κ3) is 6.43. The van der Waals surface area contributed by atoms with Gasteiger partial charge < -0.3 is 13.9 Å². The van der Waals surface area contributed by atoms with E-state index in [1.807, 2.05) is 0 Å². The predicted molar refractivity (Wildman–Crippen MR) is 83.8 cm³/mol. The molecular weight excluding hydrogens is 300 g/mol. The number of oxazole rings is 1. The zero-order valence-corrected chi connectivity index (χ0v) is 14.1. The first-order valence-electron chi connectivity index (χ1n) is 7.26. The zero-order valence-electron chi connectivity index (χ0n) is 14.1. The largest absolute Gasteiger partial charge is 0.465 e. The zero-order chi connectivity index (χ0) is 17.5. The van der Waals surface area contributed by atoms with E-state index in [4.69, 9.17) is 13.9 Å². The molecule has 23 heavy (non-hydrogen) atoms. The van der Waals surface area contributed by atoms with Crippen molar-refractivity contribution in [2.75, 3.05) is 18.1 Å². The van der Waals surface area contributed by atoms with Crippen LogP contribution in [0, 0.1) is 18.8 Å². The number of carbonyl (C=O) groups is 2. The molecule has 0 radical (unpaired) electrons. The lowest BCUT2D eigenvalue weighted by Crippen LogP contribution is -2.37. The molecular formula is C16H22N2O5. The molecule has 0 unspecified atom stereocenters. The molecule has 0 saturated carbocycles. The molecule has 0 aliphatic carbocycles. The van der Waals surface area contributed by atoms with Gasteiger partial charge in [-0.15, -0.1) is 0 Å². The summed E-state index contributed by atoms with van der Waals surface area (Å²) in [6, 6.07) is 0. The number of hydrogen-bond acceptors (Lipinski definition) is 6. The fourth-order valence-electron chi connectivity index (χ4n) is 1.57. The van der Waals surface area contributed by atoms with Crippen LogP contribution in [-0.4, -0.2) is 35.8 Å². The molecule has 0 N–H and O–H groups in total. The average molecular weight is 322 g/mol. The van der Waals surface area contributed by atoms with Gasteiger partial charge in [-0.1, -0.05) is 11.8 Å². The highest BCUT2D eigenvalue weighted by atomic mass is 16.6. The van der Waals surface area contributed by atoms with Gasteiger partial charge in [0.25, 0.3) is 0 Å². The van der Waals surface area contributed by atoms with Gasteiger partial charge in [0.05, 0.1) is 13.2 Å². The third-order valence-electron chi connectivity index (χ3n) is 2.48. The van der Waals surface area contributed by atoms with E-state index in [0.29, 0.717) is 12.3 Å². The van der Waals surface area contributed by atoms with Gasteiger partial charge in [-0.2, -0.15) is 0 Å². The Hall–Kier alpha value is -2.49. The van der Waals surface area contributed by atoms with Crippen LogP contribution in [0.1, 0.15) is 39.8 Å². The Kier molecular flexibility index (Phi) is 6.64. The fourth-order valence-corrected chi connectivity index (χ4v) is 1.57. The Bertz CT molecular complexity index is 604. The molecule has 0 spiro atoms. The highest BCUT2D eigenvalue weighted by molar-refractivity contribution is 5.87. The summed E-state index contributed by atoms with van der Waals surface area (Å²) in [6.45, 7) is 9.06. The SMILES string of the molecule is CCOC(=O)CC#CCN(C(=O)OC(C)(C)C)c1ocnc1C. The van der Waals surface area contributed by atoms with Crippen molar-refractivity contribution < 1.29 is 23.5 Å². The average Bonchev–Trinajstić information content (AvgIpc) is 2.83. The van der Waals surface area contributed by atoms with Crippen LogP contribution in [0.3, 0.4) is 0 Å². The molecule has 0 aliphatic heterocycles. The summed E-state index contributed by atoms with van der Waals surface area (Å²) >= 11 is 0. The number of amides is 1. The lowest BCUT2D eigenvalue weighted by molar-refractivity contribution is -0.141. The Balaban J connectivity index is 2.82. The normalized spacial score (nSPS) is 10.5. The summed E-state index contributed by atoms with van der Waals surface area (Å²) in [4.78, 5) is 28.7. The monoisotopic (exact) mass is 322 g/mol. The number of anilines is 1. The van der Waals surface area contributed by atoms with E-state index in [1.54, 1.807) is 34.6 Å². The van der Waals surface area contributed by atoms with Gasteiger partial charge in [0.1, 0.15) is 17.7 Å². The second-order valence-corrected chi connectivity index (χ2v) is 5.64. The molecule has 126 valence electrons.